The molecule has 208 valence electrons. The summed E-state index contributed by atoms with van der Waals surface area (Å²) in [5.41, 5.74) is 2.76. The third kappa shape index (κ3) is 7.61. The zero-order valence-corrected chi connectivity index (χ0v) is 24.6. The molecule has 1 atom stereocenters. The van der Waals surface area contributed by atoms with Crippen molar-refractivity contribution < 1.29 is 18.0 Å². The average molecular weight is 570 g/mol. The molecule has 9 heteroatoms. The van der Waals surface area contributed by atoms with Crippen LogP contribution >= 0.6 is 11.6 Å². The summed E-state index contributed by atoms with van der Waals surface area (Å²) >= 11 is 6.43. The first-order valence-electron chi connectivity index (χ1n) is 12.9. The van der Waals surface area contributed by atoms with Crippen molar-refractivity contribution in [1.29, 1.82) is 0 Å². The lowest BCUT2D eigenvalue weighted by atomic mass is 10.1. The number of benzene rings is 3. The fourth-order valence-corrected chi connectivity index (χ4v) is 6.07. The minimum absolute atomic E-state index is 0.0502. The van der Waals surface area contributed by atoms with Crippen molar-refractivity contribution in [2.75, 3.05) is 10.8 Å². The number of hydrogen-bond acceptors (Lipinski definition) is 4. The normalized spacial score (nSPS) is 12.2. The van der Waals surface area contributed by atoms with Gasteiger partial charge in [0.1, 0.15) is 12.6 Å². The number of nitrogens with one attached hydrogen (secondary N) is 1. The topological polar surface area (TPSA) is 86.8 Å². The molecule has 0 radical (unpaired) electrons. The zero-order chi connectivity index (χ0) is 28.7. The van der Waals surface area contributed by atoms with Crippen molar-refractivity contribution in [3.05, 3.63) is 94.5 Å². The second kappa shape index (κ2) is 13.1. The van der Waals surface area contributed by atoms with E-state index < -0.39 is 28.5 Å². The van der Waals surface area contributed by atoms with Gasteiger partial charge in [-0.2, -0.15) is 0 Å². The van der Waals surface area contributed by atoms with Crippen molar-refractivity contribution in [1.82, 2.24) is 10.2 Å². The van der Waals surface area contributed by atoms with Crippen molar-refractivity contribution in [2.45, 2.75) is 64.6 Å². The molecular weight excluding hydrogens is 534 g/mol. The quantitative estimate of drug-likeness (QED) is 0.331. The molecule has 3 aromatic carbocycles. The molecule has 0 bridgehead atoms. The average Bonchev–Trinajstić information content (AvgIpc) is 2.87. The predicted octanol–water partition coefficient (Wildman–Crippen LogP) is 5.48. The third-order valence-electron chi connectivity index (χ3n) is 6.22. The minimum Gasteiger partial charge on any atom is -0.352 e. The Kier molecular flexibility index (Phi) is 10.2. The summed E-state index contributed by atoms with van der Waals surface area (Å²) in [5, 5.41) is 3.34. The van der Waals surface area contributed by atoms with E-state index in [0.29, 0.717) is 22.7 Å². The number of sulfonamides is 1. The Morgan fingerprint density at radius 3 is 2.08 bits per heavy atom. The monoisotopic (exact) mass is 569 g/mol. The molecule has 1 N–H and O–H groups in total. The number of carbonyl (C=O) groups excluding carboxylic acids is 2. The smallest absolute Gasteiger partial charge is 0.264 e. The van der Waals surface area contributed by atoms with Gasteiger partial charge in [-0.05, 0) is 81.1 Å². The van der Waals surface area contributed by atoms with E-state index in [-0.39, 0.29) is 23.4 Å². The fraction of sp³-hybridized carbons (Fsp3) is 0.333. The van der Waals surface area contributed by atoms with Crippen LogP contribution in [0, 0.1) is 13.8 Å². The highest BCUT2D eigenvalue weighted by Crippen LogP contribution is 2.27. The van der Waals surface area contributed by atoms with Gasteiger partial charge in [0.05, 0.1) is 10.6 Å². The molecule has 39 heavy (non-hydrogen) atoms. The molecule has 0 aliphatic rings. The van der Waals surface area contributed by atoms with E-state index in [1.807, 2.05) is 40.7 Å². The van der Waals surface area contributed by atoms with Gasteiger partial charge in [-0.15, -0.1) is 0 Å². The van der Waals surface area contributed by atoms with Crippen LogP contribution in [0.2, 0.25) is 5.02 Å². The van der Waals surface area contributed by atoms with E-state index in [1.54, 1.807) is 54.6 Å². The molecule has 3 rings (SSSR count). The molecule has 0 saturated heterocycles. The number of nitrogens with zero attached hydrogens (tertiary/aromatic N) is 2. The Morgan fingerprint density at radius 2 is 1.51 bits per heavy atom. The second-order valence-corrected chi connectivity index (χ2v) is 12.1. The summed E-state index contributed by atoms with van der Waals surface area (Å²) in [6, 6.07) is 19.6. The second-order valence-electron chi connectivity index (χ2n) is 9.87. The van der Waals surface area contributed by atoms with Gasteiger partial charge in [0.15, 0.2) is 0 Å². The van der Waals surface area contributed by atoms with Gasteiger partial charge in [-0.25, -0.2) is 8.42 Å². The van der Waals surface area contributed by atoms with Gasteiger partial charge in [-0.3, -0.25) is 13.9 Å². The predicted molar refractivity (Wildman–Crippen MR) is 156 cm³/mol. The molecule has 0 saturated carbocycles. The van der Waals surface area contributed by atoms with Crippen LogP contribution in [0.25, 0.3) is 0 Å². The summed E-state index contributed by atoms with van der Waals surface area (Å²) in [6.07, 6.45) is 0.337. The third-order valence-corrected chi connectivity index (χ3v) is 8.38. The van der Waals surface area contributed by atoms with Crippen LogP contribution in [-0.2, 0) is 26.2 Å². The highest BCUT2D eigenvalue weighted by molar-refractivity contribution is 7.92. The van der Waals surface area contributed by atoms with Gasteiger partial charge in [0.2, 0.25) is 11.8 Å². The van der Waals surface area contributed by atoms with E-state index >= 15 is 0 Å². The van der Waals surface area contributed by atoms with Gasteiger partial charge in [0, 0.05) is 17.6 Å². The van der Waals surface area contributed by atoms with Crippen LogP contribution < -0.4 is 9.62 Å². The number of halogens is 1. The Labute approximate surface area is 236 Å². The van der Waals surface area contributed by atoms with Crippen LogP contribution in [0.4, 0.5) is 5.69 Å². The zero-order valence-electron chi connectivity index (χ0n) is 23.0. The molecule has 7 nitrogen and oxygen atoms in total. The first-order valence-corrected chi connectivity index (χ1v) is 14.7. The number of rotatable bonds is 11. The molecule has 0 fully saturated rings. The maximum atomic E-state index is 14.1. The summed E-state index contributed by atoms with van der Waals surface area (Å²) in [5.74, 6) is -0.823. The minimum atomic E-state index is -4.11. The maximum Gasteiger partial charge on any atom is 0.264 e. The Bertz CT molecular complexity index is 1390. The summed E-state index contributed by atoms with van der Waals surface area (Å²) in [7, 11) is -4.11. The number of carbonyl (C=O) groups is 2. The molecule has 3 aromatic rings. The number of hydrogen-bond donors (Lipinski definition) is 1. The standard InChI is InChI=1S/C30H36ClN3O4S/c1-6-28(30(36)32-21(2)3)33(19-24-12-10-11-15-27(24)31)29(35)20-34(25-17-22(4)16-23(5)18-25)39(37,38)26-13-8-7-9-14-26/h7-18,21,28H,6,19-20H2,1-5H3,(H,32,36). The number of aryl methyl sites for hydroxylation is 2. The van der Waals surface area contributed by atoms with Crippen molar-refractivity contribution in [2.24, 2.45) is 0 Å². The molecular formula is C30H36ClN3O4S. The van der Waals surface area contributed by atoms with Crippen molar-refractivity contribution >= 4 is 39.1 Å². The highest BCUT2D eigenvalue weighted by atomic mass is 35.5. The summed E-state index contributed by atoms with van der Waals surface area (Å²) in [6.45, 7) is 8.82. The van der Waals surface area contributed by atoms with E-state index in [0.717, 1.165) is 15.4 Å². The molecule has 0 aliphatic carbocycles. The molecule has 1 unspecified atom stereocenters. The molecule has 2 amide bonds. The van der Waals surface area contributed by atoms with Crippen molar-refractivity contribution in [3.8, 4) is 0 Å². The molecule has 0 spiro atoms. The van der Waals surface area contributed by atoms with Crippen LogP contribution in [-0.4, -0.2) is 43.8 Å². The van der Waals surface area contributed by atoms with Gasteiger partial charge >= 0.3 is 0 Å². The van der Waals surface area contributed by atoms with E-state index in [9.17, 15) is 18.0 Å². The number of amides is 2. The van der Waals surface area contributed by atoms with Crippen LogP contribution in [0.15, 0.2) is 77.7 Å². The first kappa shape index (κ1) is 30.2. The Hall–Kier alpha value is -3.36. The molecule has 0 aromatic heterocycles. The van der Waals surface area contributed by atoms with Gasteiger partial charge < -0.3 is 10.2 Å². The lowest BCUT2D eigenvalue weighted by molar-refractivity contribution is -0.140. The largest absolute Gasteiger partial charge is 0.352 e. The van der Waals surface area contributed by atoms with Gasteiger partial charge in [-0.1, -0.05) is 61.0 Å². The summed E-state index contributed by atoms with van der Waals surface area (Å²) in [4.78, 5) is 28.8. The van der Waals surface area contributed by atoms with Crippen LogP contribution in [0.3, 0.4) is 0 Å². The number of anilines is 1. The Balaban J connectivity index is 2.10. The molecule has 0 heterocycles. The van der Waals surface area contributed by atoms with Crippen molar-refractivity contribution in [3.63, 3.8) is 0 Å². The van der Waals surface area contributed by atoms with Gasteiger partial charge in [0.25, 0.3) is 10.0 Å². The summed E-state index contributed by atoms with van der Waals surface area (Å²) < 4.78 is 28.9. The van der Waals surface area contributed by atoms with E-state index in [1.165, 1.54) is 17.0 Å². The highest BCUT2D eigenvalue weighted by Gasteiger charge is 2.34. The fourth-order valence-electron chi connectivity index (χ4n) is 4.45. The molecule has 0 aliphatic heterocycles. The lowest BCUT2D eigenvalue weighted by Gasteiger charge is -2.34. The maximum absolute atomic E-state index is 14.1. The van der Waals surface area contributed by atoms with E-state index in [2.05, 4.69) is 5.32 Å². The van der Waals surface area contributed by atoms with Crippen LogP contribution in [0.5, 0.6) is 0 Å². The first-order chi connectivity index (χ1) is 18.4. The van der Waals surface area contributed by atoms with E-state index in [4.69, 9.17) is 11.6 Å². The lowest BCUT2D eigenvalue weighted by Crippen LogP contribution is -2.53. The van der Waals surface area contributed by atoms with Crippen LogP contribution in [0.1, 0.15) is 43.9 Å². The Morgan fingerprint density at radius 1 is 0.923 bits per heavy atom. The SMILES string of the molecule is CCC(C(=O)NC(C)C)N(Cc1ccccc1Cl)C(=O)CN(c1cc(C)cc(C)c1)S(=O)(=O)c1ccccc1.